The van der Waals surface area contributed by atoms with Gasteiger partial charge in [0, 0.05) is 17.0 Å². The van der Waals surface area contributed by atoms with Crippen molar-refractivity contribution in [3.05, 3.63) is 71.3 Å². The molecule has 3 atom stereocenters. The first-order valence-electron chi connectivity index (χ1n) is 10.8. The van der Waals surface area contributed by atoms with Crippen LogP contribution < -0.4 is 4.90 Å². The third-order valence-corrected chi connectivity index (χ3v) is 6.61. The van der Waals surface area contributed by atoms with Crippen molar-refractivity contribution in [3.8, 4) is 12.1 Å². The molecular formula is C27H25N3O3. The van der Waals surface area contributed by atoms with Crippen LogP contribution in [0.4, 0.5) is 5.69 Å². The summed E-state index contributed by atoms with van der Waals surface area (Å²) < 4.78 is 4.79. The van der Waals surface area contributed by atoms with E-state index in [0.29, 0.717) is 11.1 Å². The van der Waals surface area contributed by atoms with Crippen LogP contribution in [-0.4, -0.2) is 30.9 Å². The molecule has 0 bridgehead atoms. The number of para-hydroxylation sites is 1. The number of fused-ring (bicyclic) bond motifs is 3. The Bertz CT molecular complexity index is 1210. The van der Waals surface area contributed by atoms with Gasteiger partial charge in [-0.2, -0.15) is 10.5 Å². The van der Waals surface area contributed by atoms with Crippen molar-refractivity contribution in [1.29, 1.82) is 10.5 Å². The minimum absolute atomic E-state index is 0.0491. The Morgan fingerprint density at radius 3 is 2.24 bits per heavy atom. The molecule has 33 heavy (non-hydrogen) atoms. The first-order chi connectivity index (χ1) is 15.7. The van der Waals surface area contributed by atoms with Crippen molar-refractivity contribution in [2.24, 2.45) is 10.8 Å². The molecule has 0 spiro atoms. The standard InChI is InChI=1S/C27H25N3O3/c1-26(2,3)24(31)23-22(18-9-11-19(12-10-18)25(32)33-4)27(15-28,16-29)21-14-13-17-7-5-6-8-20(17)30(21)23/h5-14,21-23H,1-4H3/t21-,22-,23-/m1/s1. The van der Waals surface area contributed by atoms with E-state index in [1.807, 2.05) is 62.1 Å². The third-order valence-electron chi connectivity index (χ3n) is 6.61. The Morgan fingerprint density at radius 1 is 1.03 bits per heavy atom. The number of ether oxygens (including phenoxy) is 1. The van der Waals surface area contributed by atoms with E-state index in [2.05, 4.69) is 12.1 Å². The highest BCUT2D eigenvalue weighted by Crippen LogP contribution is 2.56. The first kappa shape index (κ1) is 22.3. The molecule has 6 heteroatoms. The molecule has 0 amide bonds. The van der Waals surface area contributed by atoms with E-state index in [4.69, 9.17) is 4.74 Å². The van der Waals surface area contributed by atoms with E-state index < -0.39 is 34.8 Å². The van der Waals surface area contributed by atoms with Crippen molar-refractivity contribution < 1.29 is 14.3 Å². The maximum atomic E-state index is 13.9. The molecule has 0 radical (unpaired) electrons. The lowest BCUT2D eigenvalue weighted by molar-refractivity contribution is -0.127. The molecular weight excluding hydrogens is 414 g/mol. The fourth-order valence-electron chi connectivity index (χ4n) is 5.00. The number of nitrogens with zero attached hydrogens (tertiary/aromatic N) is 3. The number of nitriles is 2. The number of methoxy groups -OCH3 is 1. The smallest absolute Gasteiger partial charge is 0.337 e. The van der Waals surface area contributed by atoms with Crippen molar-refractivity contribution >= 4 is 23.5 Å². The second kappa shape index (κ2) is 7.90. The van der Waals surface area contributed by atoms with E-state index in [-0.39, 0.29) is 5.78 Å². The summed E-state index contributed by atoms with van der Waals surface area (Å²) in [5.74, 6) is -1.24. The maximum Gasteiger partial charge on any atom is 0.337 e. The van der Waals surface area contributed by atoms with Crippen LogP contribution in [0.5, 0.6) is 0 Å². The first-order valence-corrected chi connectivity index (χ1v) is 10.8. The van der Waals surface area contributed by atoms with Gasteiger partial charge in [-0.25, -0.2) is 4.79 Å². The fourth-order valence-corrected chi connectivity index (χ4v) is 5.00. The highest BCUT2D eigenvalue weighted by Gasteiger charge is 2.64. The third kappa shape index (κ3) is 3.31. The van der Waals surface area contributed by atoms with Crippen molar-refractivity contribution in [1.82, 2.24) is 0 Å². The average molecular weight is 440 g/mol. The molecule has 2 aromatic carbocycles. The molecule has 0 N–H and O–H groups in total. The van der Waals surface area contributed by atoms with Gasteiger partial charge in [0.05, 0.1) is 36.9 Å². The summed E-state index contributed by atoms with van der Waals surface area (Å²) in [6, 6.07) is 17.6. The van der Waals surface area contributed by atoms with Crippen LogP contribution in [0.15, 0.2) is 54.6 Å². The summed E-state index contributed by atoms with van der Waals surface area (Å²) in [5.41, 5.74) is 0.593. The molecule has 1 fully saturated rings. The van der Waals surface area contributed by atoms with Crippen LogP contribution in [0.3, 0.4) is 0 Å². The van der Waals surface area contributed by atoms with Gasteiger partial charge < -0.3 is 9.64 Å². The van der Waals surface area contributed by atoms with Crippen LogP contribution in [0, 0.1) is 33.5 Å². The minimum atomic E-state index is -1.50. The van der Waals surface area contributed by atoms with E-state index in [0.717, 1.165) is 11.3 Å². The number of rotatable bonds is 3. The largest absolute Gasteiger partial charge is 0.465 e. The molecule has 2 aromatic rings. The Kier molecular flexibility index (Phi) is 5.34. The molecule has 4 rings (SSSR count). The van der Waals surface area contributed by atoms with E-state index in [1.165, 1.54) is 7.11 Å². The molecule has 0 aromatic heterocycles. The van der Waals surface area contributed by atoms with Gasteiger partial charge in [-0.1, -0.05) is 63.3 Å². The molecule has 2 aliphatic rings. The van der Waals surface area contributed by atoms with Crippen molar-refractivity contribution in [2.75, 3.05) is 12.0 Å². The summed E-state index contributed by atoms with van der Waals surface area (Å²) in [5, 5.41) is 20.8. The molecule has 0 unspecified atom stereocenters. The van der Waals surface area contributed by atoms with Gasteiger partial charge >= 0.3 is 5.97 Å². The van der Waals surface area contributed by atoms with Gasteiger partial charge in [-0.05, 0) is 29.3 Å². The summed E-state index contributed by atoms with van der Waals surface area (Å²) in [6.07, 6.45) is 3.78. The van der Waals surface area contributed by atoms with Gasteiger partial charge in [-0.3, -0.25) is 4.79 Å². The maximum absolute atomic E-state index is 13.9. The summed E-state index contributed by atoms with van der Waals surface area (Å²) in [4.78, 5) is 27.8. The zero-order valence-electron chi connectivity index (χ0n) is 19.1. The number of esters is 1. The van der Waals surface area contributed by atoms with E-state index >= 15 is 0 Å². The number of hydrogen-bond donors (Lipinski definition) is 0. The lowest BCUT2D eigenvalue weighted by Gasteiger charge is -2.37. The van der Waals surface area contributed by atoms with Crippen LogP contribution in [-0.2, 0) is 9.53 Å². The molecule has 6 nitrogen and oxygen atoms in total. The van der Waals surface area contributed by atoms with E-state index in [1.54, 1.807) is 24.3 Å². The van der Waals surface area contributed by atoms with Gasteiger partial charge in [0.2, 0.25) is 0 Å². The van der Waals surface area contributed by atoms with Crippen LogP contribution >= 0.6 is 0 Å². The summed E-state index contributed by atoms with van der Waals surface area (Å²) in [7, 11) is 1.31. The Morgan fingerprint density at radius 2 is 1.67 bits per heavy atom. The van der Waals surface area contributed by atoms with Gasteiger partial charge in [0.25, 0.3) is 0 Å². The summed E-state index contributed by atoms with van der Waals surface area (Å²) >= 11 is 0. The van der Waals surface area contributed by atoms with Gasteiger partial charge in [0.15, 0.2) is 11.2 Å². The lowest BCUT2D eigenvalue weighted by atomic mass is 9.67. The van der Waals surface area contributed by atoms with Gasteiger partial charge in [0.1, 0.15) is 0 Å². The number of carbonyl (C=O) groups excluding carboxylic acids is 2. The molecule has 0 aliphatic carbocycles. The topological polar surface area (TPSA) is 94.2 Å². The highest BCUT2D eigenvalue weighted by molar-refractivity contribution is 5.96. The number of ketones is 1. The van der Waals surface area contributed by atoms with Crippen LogP contribution in [0.1, 0.15) is 48.2 Å². The number of Topliss-reactive ketones (excluding diaryl/α,β-unsaturated/α-hetero) is 1. The van der Waals surface area contributed by atoms with Crippen molar-refractivity contribution in [2.45, 2.75) is 38.8 Å². The average Bonchev–Trinajstić information content (AvgIpc) is 3.13. The SMILES string of the molecule is COC(=O)c1ccc([C@@H]2[C@H](C(=O)C(C)(C)C)N3c4ccccc4C=C[C@@H]3C2(C#N)C#N)cc1. The normalized spacial score (nSPS) is 22.5. The zero-order chi connectivity index (χ0) is 24.0. The molecule has 2 aliphatic heterocycles. The molecule has 2 heterocycles. The molecule has 0 saturated carbocycles. The highest BCUT2D eigenvalue weighted by atomic mass is 16.5. The second-order valence-corrected chi connectivity index (χ2v) is 9.51. The lowest BCUT2D eigenvalue weighted by Crippen LogP contribution is -2.47. The number of carbonyl (C=O) groups is 2. The Balaban J connectivity index is 1.97. The number of hydrogen-bond acceptors (Lipinski definition) is 6. The zero-order valence-corrected chi connectivity index (χ0v) is 19.1. The fraction of sp³-hybridized carbons (Fsp3) is 0.333. The van der Waals surface area contributed by atoms with Crippen LogP contribution in [0.25, 0.3) is 6.08 Å². The summed E-state index contributed by atoms with van der Waals surface area (Å²) in [6.45, 7) is 5.56. The molecule has 166 valence electrons. The van der Waals surface area contributed by atoms with E-state index in [9.17, 15) is 20.1 Å². The molecule has 1 saturated heterocycles. The number of anilines is 1. The quantitative estimate of drug-likeness (QED) is 0.654. The van der Waals surface area contributed by atoms with Crippen LogP contribution in [0.2, 0.25) is 0 Å². The van der Waals surface area contributed by atoms with Crippen molar-refractivity contribution in [3.63, 3.8) is 0 Å². The second-order valence-electron chi connectivity index (χ2n) is 9.51. The predicted molar refractivity (Wildman–Crippen MR) is 124 cm³/mol. The minimum Gasteiger partial charge on any atom is -0.465 e. The number of benzene rings is 2. The monoisotopic (exact) mass is 439 g/mol. The Hall–Kier alpha value is -3.90. The van der Waals surface area contributed by atoms with Gasteiger partial charge in [-0.15, -0.1) is 0 Å². The Labute approximate surface area is 193 Å². The predicted octanol–water partition coefficient (Wildman–Crippen LogP) is 4.49.